The Kier molecular flexibility index (Phi) is 5.08. The van der Waals surface area contributed by atoms with Gasteiger partial charge in [-0.05, 0) is 38.5 Å². The molecular weight excluding hydrogens is 328 g/mol. The first-order valence-corrected chi connectivity index (χ1v) is 7.56. The average molecular weight is 348 g/mol. The lowest BCUT2D eigenvalue weighted by molar-refractivity contribution is -0.140. The second-order valence-corrected chi connectivity index (χ2v) is 6.63. The van der Waals surface area contributed by atoms with Crippen LogP contribution < -0.4 is 5.32 Å². The van der Waals surface area contributed by atoms with E-state index in [-0.39, 0.29) is 18.7 Å². The van der Waals surface area contributed by atoms with Crippen molar-refractivity contribution in [2.75, 3.05) is 19.6 Å². The summed E-state index contributed by atoms with van der Waals surface area (Å²) in [6.45, 7) is 6.19. The zero-order chi connectivity index (χ0) is 18.1. The molecule has 1 amide bonds. The van der Waals surface area contributed by atoms with Crippen molar-refractivity contribution < 1.29 is 27.1 Å². The number of amides is 1. The van der Waals surface area contributed by atoms with Crippen LogP contribution in [0.5, 0.6) is 0 Å². The van der Waals surface area contributed by atoms with Gasteiger partial charge in [0.2, 0.25) is 0 Å². The van der Waals surface area contributed by atoms with Gasteiger partial charge in [0.05, 0.1) is 11.6 Å². The van der Waals surface area contributed by atoms with E-state index in [1.165, 1.54) is 11.0 Å². The molecule has 4 nitrogen and oxygen atoms in total. The third-order valence-electron chi connectivity index (χ3n) is 3.55. The van der Waals surface area contributed by atoms with Crippen molar-refractivity contribution in [3.05, 3.63) is 35.1 Å². The number of hydrogen-bond donors (Lipinski definition) is 1. The molecule has 0 aliphatic carbocycles. The number of rotatable bonds is 1. The number of nitrogens with zero attached hydrogens (tertiary/aromatic N) is 1. The van der Waals surface area contributed by atoms with Gasteiger partial charge in [-0.25, -0.2) is 9.18 Å². The molecule has 2 rings (SSSR count). The zero-order valence-corrected chi connectivity index (χ0v) is 13.7. The molecule has 1 aromatic carbocycles. The molecule has 1 unspecified atom stereocenters. The molecule has 134 valence electrons. The van der Waals surface area contributed by atoms with Crippen LogP contribution in [-0.4, -0.2) is 36.2 Å². The van der Waals surface area contributed by atoms with Crippen LogP contribution in [0.25, 0.3) is 0 Å². The maximum Gasteiger partial charge on any atom is 0.419 e. The molecule has 1 aliphatic rings. The van der Waals surface area contributed by atoms with Gasteiger partial charge in [0.15, 0.2) is 0 Å². The summed E-state index contributed by atoms with van der Waals surface area (Å²) in [6.07, 6.45) is -5.40. The molecule has 1 fully saturated rings. The summed E-state index contributed by atoms with van der Waals surface area (Å²) in [7, 11) is 0. The summed E-state index contributed by atoms with van der Waals surface area (Å²) in [5.74, 6) is -1.33. The van der Waals surface area contributed by atoms with Gasteiger partial charge in [0.25, 0.3) is 0 Å². The summed E-state index contributed by atoms with van der Waals surface area (Å²) in [5.41, 5.74) is -1.84. The fourth-order valence-electron chi connectivity index (χ4n) is 2.51. The Labute approximate surface area is 137 Å². The minimum Gasteiger partial charge on any atom is -0.444 e. The number of alkyl halides is 3. The van der Waals surface area contributed by atoms with Crippen LogP contribution >= 0.6 is 0 Å². The maximum absolute atomic E-state index is 13.5. The van der Waals surface area contributed by atoms with E-state index in [1.54, 1.807) is 20.8 Å². The molecular formula is C16H20F4N2O2. The molecule has 1 N–H and O–H groups in total. The smallest absolute Gasteiger partial charge is 0.419 e. The summed E-state index contributed by atoms with van der Waals surface area (Å²) in [5, 5.41) is 3.03. The highest BCUT2D eigenvalue weighted by molar-refractivity contribution is 5.69. The van der Waals surface area contributed by atoms with Gasteiger partial charge in [-0.2, -0.15) is 13.2 Å². The SMILES string of the molecule is CC(C)(C)OC(=O)N1CCNCC1c1ccc(F)c(C(F)(F)F)c1. The number of halogens is 4. The molecule has 1 atom stereocenters. The minimum atomic E-state index is -4.79. The van der Waals surface area contributed by atoms with Gasteiger partial charge < -0.3 is 10.1 Å². The Bertz CT molecular complexity index is 611. The van der Waals surface area contributed by atoms with E-state index in [9.17, 15) is 22.4 Å². The fraction of sp³-hybridized carbons (Fsp3) is 0.562. The van der Waals surface area contributed by atoms with Gasteiger partial charge in [-0.1, -0.05) is 6.07 Å². The zero-order valence-electron chi connectivity index (χ0n) is 13.7. The quantitative estimate of drug-likeness (QED) is 0.787. The first-order valence-electron chi connectivity index (χ1n) is 7.56. The van der Waals surface area contributed by atoms with Gasteiger partial charge >= 0.3 is 12.3 Å². The van der Waals surface area contributed by atoms with Crippen molar-refractivity contribution in [3.8, 4) is 0 Å². The molecule has 1 aromatic rings. The Morgan fingerprint density at radius 1 is 1.29 bits per heavy atom. The van der Waals surface area contributed by atoms with Crippen LogP contribution in [0.3, 0.4) is 0 Å². The first-order chi connectivity index (χ1) is 11.0. The highest BCUT2D eigenvalue weighted by Crippen LogP contribution is 2.34. The third kappa shape index (κ3) is 4.37. The topological polar surface area (TPSA) is 41.6 Å². The Hall–Kier alpha value is -1.83. The predicted molar refractivity (Wildman–Crippen MR) is 80.0 cm³/mol. The lowest BCUT2D eigenvalue weighted by Gasteiger charge is -2.37. The Morgan fingerprint density at radius 2 is 1.96 bits per heavy atom. The lowest BCUT2D eigenvalue weighted by Crippen LogP contribution is -2.50. The molecule has 0 saturated carbocycles. The molecule has 0 radical (unpaired) electrons. The number of carbonyl (C=O) groups is 1. The van der Waals surface area contributed by atoms with Crippen LogP contribution in [0.2, 0.25) is 0 Å². The molecule has 24 heavy (non-hydrogen) atoms. The van der Waals surface area contributed by atoms with Crippen molar-refractivity contribution >= 4 is 6.09 Å². The first kappa shape index (κ1) is 18.5. The number of nitrogens with one attached hydrogen (secondary N) is 1. The summed E-state index contributed by atoms with van der Waals surface area (Å²) < 4.78 is 57.5. The monoisotopic (exact) mass is 348 g/mol. The summed E-state index contributed by atoms with van der Waals surface area (Å²) in [6, 6.07) is 2.14. The molecule has 8 heteroatoms. The van der Waals surface area contributed by atoms with E-state index in [0.29, 0.717) is 6.54 Å². The van der Waals surface area contributed by atoms with Crippen LogP contribution in [-0.2, 0) is 10.9 Å². The highest BCUT2D eigenvalue weighted by atomic mass is 19.4. The minimum absolute atomic E-state index is 0.210. The predicted octanol–water partition coefficient (Wildman–Crippen LogP) is 3.73. The number of ether oxygens (including phenoxy) is 1. The van der Waals surface area contributed by atoms with Gasteiger partial charge in [-0.15, -0.1) is 0 Å². The van der Waals surface area contributed by atoms with Crippen LogP contribution in [0.15, 0.2) is 18.2 Å². The normalized spacial score (nSPS) is 19.3. The van der Waals surface area contributed by atoms with Crippen LogP contribution in [0.4, 0.5) is 22.4 Å². The van der Waals surface area contributed by atoms with E-state index >= 15 is 0 Å². The second-order valence-electron chi connectivity index (χ2n) is 6.63. The van der Waals surface area contributed by atoms with Gasteiger partial charge in [-0.3, -0.25) is 4.90 Å². The van der Waals surface area contributed by atoms with Crippen molar-refractivity contribution in [3.63, 3.8) is 0 Å². The summed E-state index contributed by atoms with van der Waals surface area (Å²) in [4.78, 5) is 13.7. The van der Waals surface area contributed by atoms with E-state index in [1.807, 2.05) is 0 Å². The molecule has 0 spiro atoms. The van der Waals surface area contributed by atoms with E-state index < -0.39 is 35.3 Å². The summed E-state index contributed by atoms with van der Waals surface area (Å²) >= 11 is 0. The van der Waals surface area contributed by atoms with Crippen molar-refractivity contribution in [1.29, 1.82) is 0 Å². The second kappa shape index (κ2) is 6.58. The molecule has 0 bridgehead atoms. The molecule has 1 saturated heterocycles. The number of carbonyl (C=O) groups excluding carboxylic acids is 1. The van der Waals surface area contributed by atoms with Crippen LogP contribution in [0.1, 0.15) is 37.9 Å². The largest absolute Gasteiger partial charge is 0.444 e. The van der Waals surface area contributed by atoms with Gasteiger partial charge in [0.1, 0.15) is 11.4 Å². The highest BCUT2D eigenvalue weighted by Gasteiger charge is 2.37. The van der Waals surface area contributed by atoms with Crippen molar-refractivity contribution in [2.45, 2.75) is 38.6 Å². The Morgan fingerprint density at radius 3 is 2.54 bits per heavy atom. The van der Waals surface area contributed by atoms with E-state index in [4.69, 9.17) is 4.74 Å². The van der Waals surface area contributed by atoms with Crippen molar-refractivity contribution in [2.24, 2.45) is 0 Å². The van der Waals surface area contributed by atoms with Crippen LogP contribution in [0, 0.1) is 5.82 Å². The van der Waals surface area contributed by atoms with E-state index in [0.717, 1.165) is 12.1 Å². The Balaban J connectivity index is 2.32. The average Bonchev–Trinajstić information content (AvgIpc) is 2.45. The number of hydrogen-bond acceptors (Lipinski definition) is 3. The fourth-order valence-corrected chi connectivity index (χ4v) is 2.51. The van der Waals surface area contributed by atoms with E-state index in [2.05, 4.69) is 5.32 Å². The third-order valence-corrected chi connectivity index (χ3v) is 3.55. The molecule has 0 aromatic heterocycles. The molecule has 1 aliphatic heterocycles. The number of benzene rings is 1. The standard InChI is InChI=1S/C16H20F4N2O2/c1-15(2,3)24-14(23)22-7-6-21-9-13(22)10-4-5-12(17)11(8-10)16(18,19)20/h4-5,8,13,21H,6-7,9H2,1-3H3. The number of piperazine rings is 1. The lowest BCUT2D eigenvalue weighted by atomic mass is 10.0. The molecule has 1 heterocycles. The van der Waals surface area contributed by atoms with Crippen molar-refractivity contribution in [1.82, 2.24) is 10.2 Å². The maximum atomic E-state index is 13.5. The van der Waals surface area contributed by atoms with Gasteiger partial charge in [0, 0.05) is 19.6 Å².